The normalized spacial score (nSPS) is 19.4. The molecule has 1 N–H and O–H groups in total. The highest BCUT2D eigenvalue weighted by Gasteiger charge is 2.32. The van der Waals surface area contributed by atoms with E-state index in [-0.39, 0.29) is 31.0 Å². The molecule has 1 heterocycles. The lowest BCUT2D eigenvalue weighted by Crippen LogP contribution is -2.43. The van der Waals surface area contributed by atoms with Crippen LogP contribution < -0.4 is 9.64 Å². The van der Waals surface area contributed by atoms with Crippen molar-refractivity contribution in [1.82, 2.24) is 0 Å². The van der Waals surface area contributed by atoms with Gasteiger partial charge in [0, 0.05) is 19.0 Å². The van der Waals surface area contributed by atoms with Gasteiger partial charge in [0.05, 0.1) is 18.7 Å². The Hall–Kier alpha value is -2.11. The molecule has 1 aromatic carbocycles. The highest BCUT2D eigenvalue weighted by atomic mass is 19.1. The van der Waals surface area contributed by atoms with Crippen LogP contribution in [0.4, 0.5) is 10.1 Å². The van der Waals surface area contributed by atoms with E-state index in [4.69, 9.17) is 9.84 Å². The minimum absolute atomic E-state index is 0.0156. The molecule has 1 amide bonds. The van der Waals surface area contributed by atoms with Gasteiger partial charge in [-0.3, -0.25) is 9.59 Å². The molecule has 6 heteroatoms. The summed E-state index contributed by atoms with van der Waals surface area (Å²) in [5.74, 6) is -2.06. The van der Waals surface area contributed by atoms with Crippen molar-refractivity contribution >= 4 is 17.6 Å². The highest BCUT2D eigenvalue weighted by Crippen LogP contribution is 2.29. The van der Waals surface area contributed by atoms with E-state index in [1.807, 2.05) is 0 Å². The molecule has 0 bridgehead atoms. The van der Waals surface area contributed by atoms with Gasteiger partial charge in [-0.25, -0.2) is 4.39 Å². The van der Waals surface area contributed by atoms with Crippen LogP contribution in [0.15, 0.2) is 18.2 Å². The fourth-order valence-electron chi connectivity index (χ4n) is 2.11. The number of piperidine rings is 1. The SMILES string of the molecule is COc1ccc(F)c(N2CC(C(=O)O)CCC2=O)c1. The first-order valence-corrected chi connectivity index (χ1v) is 5.89. The monoisotopic (exact) mass is 267 g/mol. The number of carbonyl (C=O) groups excluding carboxylic acids is 1. The summed E-state index contributed by atoms with van der Waals surface area (Å²) in [5, 5.41) is 9.00. The number of carboxylic acids is 1. The molecule has 0 aromatic heterocycles. The molecular formula is C13H14FNO4. The van der Waals surface area contributed by atoms with Gasteiger partial charge < -0.3 is 14.7 Å². The summed E-state index contributed by atoms with van der Waals surface area (Å²) in [4.78, 5) is 24.0. The van der Waals surface area contributed by atoms with Crippen LogP contribution in [-0.4, -0.2) is 30.6 Å². The van der Waals surface area contributed by atoms with Gasteiger partial charge in [-0.2, -0.15) is 0 Å². The number of anilines is 1. The molecule has 19 heavy (non-hydrogen) atoms. The topological polar surface area (TPSA) is 66.8 Å². The molecule has 0 spiro atoms. The molecule has 1 aliphatic heterocycles. The number of rotatable bonds is 3. The van der Waals surface area contributed by atoms with E-state index in [9.17, 15) is 14.0 Å². The van der Waals surface area contributed by atoms with E-state index in [0.717, 1.165) is 0 Å². The van der Waals surface area contributed by atoms with Gasteiger partial charge in [0.1, 0.15) is 11.6 Å². The number of halogens is 1. The van der Waals surface area contributed by atoms with Crippen LogP contribution in [0.1, 0.15) is 12.8 Å². The van der Waals surface area contributed by atoms with Gasteiger partial charge in [-0.1, -0.05) is 0 Å². The summed E-state index contributed by atoms with van der Waals surface area (Å²) in [6.07, 6.45) is 0.393. The average Bonchev–Trinajstić information content (AvgIpc) is 2.40. The van der Waals surface area contributed by atoms with E-state index in [1.54, 1.807) is 0 Å². The Bertz CT molecular complexity index is 517. The molecule has 1 atom stereocenters. The molecule has 1 aromatic rings. The van der Waals surface area contributed by atoms with E-state index >= 15 is 0 Å². The van der Waals surface area contributed by atoms with E-state index < -0.39 is 17.7 Å². The zero-order chi connectivity index (χ0) is 14.0. The van der Waals surface area contributed by atoms with Crippen molar-refractivity contribution in [3.05, 3.63) is 24.0 Å². The second-order valence-electron chi connectivity index (χ2n) is 4.40. The summed E-state index contributed by atoms with van der Waals surface area (Å²) >= 11 is 0. The number of hydrogen-bond donors (Lipinski definition) is 1. The van der Waals surface area contributed by atoms with Crippen molar-refractivity contribution in [3.63, 3.8) is 0 Å². The van der Waals surface area contributed by atoms with Crippen LogP contribution in [0.25, 0.3) is 0 Å². The Morgan fingerprint density at radius 3 is 2.89 bits per heavy atom. The van der Waals surface area contributed by atoms with Crippen molar-refractivity contribution in [2.45, 2.75) is 12.8 Å². The van der Waals surface area contributed by atoms with Crippen molar-refractivity contribution < 1.29 is 23.8 Å². The van der Waals surface area contributed by atoms with Gasteiger partial charge in [0.25, 0.3) is 0 Å². The summed E-state index contributed by atoms with van der Waals surface area (Å²) in [6.45, 7) is -0.0156. The van der Waals surface area contributed by atoms with E-state index in [1.165, 1.54) is 30.2 Å². The van der Waals surface area contributed by atoms with Crippen molar-refractivity contribution in [2.24, 2.45) is 5.92 Å². The maximum absolute atomic E-state index is 13.8. The first kappa shape index (κ1) is 13.3. The van der Waals surface area contributed by atoms with Crippen LogP contribution in [0.2, 0.25) is 0 Å². The number of hydrogen-bond acceptors (Lipinski definition) is 3. The molecule has 0 aliphatic carbocycles. The molecule has 2 rings (SSSR count). The van der Waals surface area contributed by atoms with Gasteiger partial charge in [0.15, 0.2) is 0 Å². The number of carboxylic acid groups (broad SMARTS) is 1. The number of benzene rings is 1. The molecular weight excluding hydrogens is 253 g/mol. The molecule has 102 valence electrons. The Morgan fingerprint density at radius 1 is 1.53 bits per heavy atom. The standard InChI is InChI=1S/C13H14FNO4/c1-19-9-3-4-10(14)11(6-9)15-7-8(13(17)18)2-5-12(15)16/h3-4,6,8H,2,5,7H2,1H3,(H,17,18). The predicted octanol–water partition coefficient (Wildman–Crippen LogP) is 1.66. The molecule has 0 saturated carbocycles. The smallest absolute Gasteiger partial charge is 0.308 e. The van der Waals surface area contributed by atoms with Crippen LogP contribution in [0.5, 0.6) is 5.75 Å². The van der Waals surface area contributed by atoms with Crippen molar-refractivity contribution in [1.29, 1.82) is 0 Å². The van der Waals surface area contributed by atoms with Crippen LogP contribution in [-0.2, 0) is 9.59 Å². The number of nitrogens with zero attached hydrogens (tertiary/aromatic N) is 1. The van der Waals surface area contributed by atoms with Gasteiger partial charge in [-0.15, -0.1) is 0 Å². The second-order valence-corrected chi connectivity index (χ2v) is 4.40. The summed E-state index contributed by atoms with van der Waals surface area (Å²) in [6, 6.07) is 4.05. The van der Waals surface area contributed by atoms with Gasteiger partial charge >= 0.3 is 5.97 Å². The van der Waals surface area contributed by atoms with E-state index in [0.29, 0.717) is 5.75 Å². The maximum atomic E-state index is 13.8. The number of aliphatic carboxylic acids is 1. The van der Waals surface area contributed by atoms with Crippen molar-refractivity contribution in [2.75, 3.05) is 18.6 Å². The minimum Gasteiger partial charge on any atom is -0.497 e. The first-order chi connectivity index (χ1) is 9.02. The predicted molar refractivity (Wildman–Crippen MR) is 65.7 cm³/mol. The maximum Gasteiger partial charge on any atom is 0.308 e. The second kappa shape index (κ2) is 5.26. The lowest BCUT2D eigenvalue weighted by atomic mass is 9.97. The number of ether oxygens (including phenoxy) is 1. The third-order valence-electron chi connectivity index (χ3n) is 3.20. The lowest BCUT2D eigenvalue weighted by Gasteiger charge is -2.31. The fourth-order valence-corrected chi connectivity index (χ4v) is 2.11. The first-order valence-electron chi connectivity index (χ1n) is 5.89. The average molecular weight is 267 g/mol. The quantitative estimate of drug-likeness (QED) is 0.904. The fraction of sp³-hybridized carbons (Fsp3) is 0.385. The summed E-state index contributed by atoms with van der Waals surface area (Å²) < 4.78 is 18.8. The molecule has 1 aliphatic rings. The van der Waals surface area contributed by atoms with Gasteiger partial charge in [0.2, 0.25) is 5.91 Å². The van der Waals surface area contributed by atoms with Crippen LogP contribution >= 0.6 is 0 Å². The lowest BCUT2D eigenvalue weighted by molar-refractivity contribution is -0.142. The molecule has 1 fully saturated rings. The zero-order valence-electron chi connectivity index (χ0n) is 10.4. The third kappa shape index (κ3) is 2.67. The van der Waals surface area contributed by atoms with Gasteiger partial charge in [-0.05, 0) is 18.6 Å². The number of methoxy groups -OCH3 is 1. The summed E-state index contributed by atoms with van der Waals surface area (Å²) in [5.41, 5.74) is 0.0651. The van der Waals surface area contributed by atoms with E-state index in [2.05, 4.69) is 0 Å². The largest absolute Gasteiger partial charge is 0.497 e. The number of carbonyl (C=O) groups is 2. The Labute approximate surface area is 109 Å². The Balaban J connectivity index is 2.33. The zero-order valence-corrected chi connectivity index (χ0v) is 10.4. The minimum atomic E-state index is -0.971. The molecule has 0 radical (unpaired) electrons. The van der Waals surface area contributed by atoms with Crippen molar-refractivity contribution in [3.8, 4) is 5.75 Å². The highest BCUT2D eigenvalue weighted by molar-refractivity contribution is 5.95. The molecule has 1 unspecified atom stereocenters. The Morgan fingerprint density at radius 2 is 2.26 bits per heavy atom. The molecule has 5 nitrogen and oxygen atoms in total. The summed E-state index contributed by atoms with van der Waals surface area (Å²) in [7, 11) is 1.44. The molecule has 1 saturated heterocycles. The van der Waals surface area contributed by atoms with Crippen LogP contribution in [0.3, 0.4) is 0 Å². The Kier molecular flexibility index (Phi) is 3.69. The van der Waals surface area contributed by atoms with Crippen LogP contribution in [0, 0.1) is 11.7 Å². The number of amides is 1. The third-order valence-corrected chi connectivity index (χ3v) is 3.20.